The van der Waals surface area contributed by atoms with Gasteiger partial charge in [0.15, 0.2) is 18.1 Å². The number of nitrogens with one attached hydrogen (secondary N) is 1. The number of benzene rings is 2. The summed E-state index contributed by atoms with van der Waals surface area (Å²) in [6.45, 7) is 0.304. The van der Waals surface area contributed by atoms with Crippen molar-refractivity contribution in [1.29, 1.82) is 0 Å². The fraction of sp³-hybridized carbons (Fsp3) is 0.176. The molecule has 0 bridgehead atoms. The van der Waals surface area contributed by atoms with Gasteiger partial charge in [0, 0.05) is 16.6 Å². The summed E-state index contributed by atoms with van der Waals surface area (Å²) in [5.74, 6) is 0.608. The monoisotopic (exact) mass is 392 g/mol. The summed E-state index contributed by atoms with van der Waals surface area (Å²) in [6, 6.07) is 12.9. The van der Waals surface area contributed by atoms with Gasteiger partial charge < -0.3 is 20.0 Å². The second-order valence-electron chi connectivity index (χ2n) is 4.82. The Morgan fingerprint density at radius 2 is 2.04 bits per heavy atom. The predicted octanol–water partition coefficient (Wildman–Crippen LogP) is 2.96. The van der Waals surface area contributed by atoms with Crippen molar-refractivity contribution in [2.45, 2.75) is 6.54 Å². The number of carbonyl (C=O) groups is 1. The van der Waals surface area contributed by atoms with Crippen LogP contribution in [0.25, 0.3) is 0 Å². The highest BCUT2D eigenvalue weighted by atomic mass is 79.9. The third kappa shape index (κ3) is 4.99. The van der Waals surface area contributed by atoms with E-state index in [0.29, 0.717) is 28.1 Å². The maximum atomic E-state index is 11.9. The molecule has 0 fully saturated rings. The van der Waals surface area contributed by atoms with Crippen molar-refractivity contribution in [1.82, 2.24) is 5.32 Å². The van der Waals surface area contributed by atoms with E-state index in [-0.39, 0.29) is 12.5 Å². The van der Waals surface area contributed by atoms with Gasteiger partial charge in [0.25, 0.3) is 5.91 Å². The van der Waals surface area contributed by atoms with E-state index in [4.69, 9.17) is 14.7 Å². The molecule has 24 heavy (non-hydrogen) atoms. The van der Waals surface area contributed by atoms with Crippen LogP contribution in [0, 0.1) is 0 Å². The zero-order chi connectivity index (χ0) is 17.4. The van der Waals surface area contributed by atoms with E-state index in [2.05, 4.69) is 26.4 Å². The first-order valence-corrected chi connectivity index (χ1v) is 7.91. The summed E-state index contributed by atoms with van der Waals surface area (Å²) < 4.78 is 11.4. The SMILES string of the molecule is COc1cc(C=NO)c(Br)cc1OCC(=O)NCc1ccccc1. The first-order valence-electron chi connectivity index (χ1n) is 7.12. The molecule has 2 rings (SSSR count). The number of carbonyl (C=O) groups excluding carboxylic acids is 1. The molecule has 6 nitrogen and oxygen atoms in total. The minimum atomic E-state index is -0.238. The van der Waals surface area contributed by atoms with Crippen molar-refractivity contribution < 1.29 is 19.5 Å². The minimum absolute atomic E-state index is 0.136. The van der Waals surface area contributed by atoms with Crippen LogP contribution in [0.4, 0.5) is 0 Å². The normalized spacial score (nSPS) is 10.6. The molecule has 0 heterocycles. The van der Waals surface area contributed by atoms with Crippen LogP contribution in [0.1, 0.15) is 11.1 Å². The number of amides is 1. The average Bonchev–Trinajstić information content (AvgIpc) is 2.61. The first kappa shape index (κ1) is 17.8. The summed E-state index contributed by atoms with van der Waals surface area (Å²) in [5.41, 5.74) is 1.63. The van der Waals surface area contributed by atoms with Crippen LogP contribution in [-0.2, 0) is 11.3 Å². The number of ether oxygens (including phenoxy) is 2. The van der Waals surface area contributed by atoms with Crippen molar-refractivity contribution in [3.05, 3.63) is 58.1 Å². The smallest absolute Gasteiger partial charge is 0.258 e. The largest absolute Gasteiger partial charge is 0.493 e. The van der Waals surface area contributed by atoms with Crippen molar-refractivity contribution in [2.75, 3.05) is 13.7 Å². The van der Waals surface area contributed by atoms with Crippen LogP contribution in [0.15, 0.2) is 52.1 Å². The van der Waals surface area contributed by atoms with E-state index in [1.165, 1.54) is 13.3 Å². The second kappa shape index (κ2) is 8.93. The maximum absolute atomic E-state index is 11.9. The Hall–Kier alpha value is -2.54. The molecular formula is C17H17BrN2O4. The minimum Gasteiger partial charge on any atom is -0.493 e. The first-order chi connectivity index (χ1) is 11.6. The molecule has 2 N–H and O–H groups in total. The van der Waals surface area contributed by atoms with Gasteiger partial charge in [-0.1, -0.05) is 35.5 Å². The van der Waals surface area contributed by atoms with E-state index < -0.39 is 0 Å². The highest BCUT2D eigenvalue weighted by Crippen LogP contribution is 2.32. The van der Waals surface area contributed by atoms with E-state index in [1.54, 1.807) is 12.1 Å². The van der Waals surface area contributed by atoms with Gasteiger partial charge in [-0.25, -0.2) is 0 Å². The Kier molecular flexibility index (Phi) is 6.62. The van der Waals surface area contributed by atoms with Crippen molar-refractivity contribution >= 4 is 28.1 Å². The standard InChI is InChI=1S/C17H17BrN2O4/c1-23-15-7-13(10-20-22)14(18)8-16(15)24-11-17(21)19-9-12-5-3-2-4-6-12/h2-8,10,22H,9,11H2,1H3,(H,19,21). The van der Waals surface area contributed by atoms with Crippen molar-refractivity contribution in [3.8, 4) is 11.5 Å². The molecule has 1 amide bonds. The zero-order valence-electron chi connectivity index (χ0n) is 13.0. The third-order valence-corrected chi connectivity index (χ3v) is 3.86. The maximum Gasteiger partial charge on any atom is 0.258 e. The lowest BCUT2D eigenvalue weighted by Crippen LogP contribution is -2.28. The fourth-order valence-corrected chi connectivity index (χ4v) is 2.40. The Balaban J connectivity index is 1.95. The molecule has 0 saturated carbocycles. The molecule has 2 aromatic carbocycles. The molecule has 0 aliphatic heterocycles. The number of methoxy groups -OCH3 is 1. The molecule has 0 saturated heterocycles. The van der Waals surface area contributed by atoms with Crippen LogP contribution in [0.3, 0.4) is 0 Å². The molecule has 0 atom stereocenters. The Morgan fingerprint density at radius 1 is 1.29 bits per heavy atom. The van der Waals surface area contributed by atoms with Gasteiger partial charge in [0.1, 0.15) is 0 Å². The Morgan fingerprint density at radius 3 is 2.71 bits per heavy atom. The average molecular weight is 393 g/mol. The van der Waals surface area contributed by atoms with Crippen LogP contribution in [-0.4, -0.2) is 31.0 Å². The number of hydrogen-bond donors (Lipinski definition) is 2. The summed E-state index contributed by atoms with van der Waals surface area (Å²) in [5, 5.41) is 14.4. The molecule has 0 spiro atoms. The molecule has 126 valence electrons. The number of rotatable bonds is 7. The molecule has 0 radical (unpaired) electrons. The van der Waals surface area contributed by atoms with Gasteiger partial charge in [0.2, 0.25) is 0 Å². The molecule has 0 aliphatic carbocycles. The second-order valence-corrected chi connectivity index (χ2v) is 5.67. The van der Waals surface area contributed by atoms with Crippen LogP contribution in [0.5, 0.6) is 11.5 Å². The molecular weight excluding hydrogens is 376 g/mol. The van der Waals surface area contributed by atoms with Gasteiger partial charge in [-0.2, -0.15) is 0 Å². The van der Waals surface area contributed by atoms with E-state index in [9.17, 15) is 4.79 Å². The number of halogens is 1. The fourth-order valence-electron chi connectivity index (χ4n) is 1.98. The molecule has 0 aromatic heterocycles. The lowest BCUT2D eigenvalue weighted by atomic mass is 10.2. The third-order valence-electron chi connectivity index (χ3n) is 3.17. The van der Waals surface area contributed by atoms with Gasteiger partial charge in [-0.05, 0) is 33.6 Å². The summed E-state index contributed by atoms with van der Waals surface area (Å²) in [4.78, 5) is 11.9. The highest BCUT2D eigenvalue weighted by Gasteiger charge is 2.11. The number of hydrogen-bond acceptors (Lipinski definition) is 5. The lowest BCUT2D eigenvalue weighted by molar-refractivity contribution is -0.123. The lowest BCUT2D eigenvalue weighted by Gasteiger charge is -2.12. The number of nitrogens with zero attached hydrogens (tertiary/aromatic N) is 1. The van der Waals surface area contributed by atoms with Crippen LogP contribution >= 0.6 is 15.9 Å². The summed E-state index contributed by atoms with van der Waals surface area (Å²) in [7, 11) is 1.49. The van der Waals surface area contributed by atoms with E-state index in [1.807, 2.05) is 30.3 Å². The molecule has 0 unspecified atom stereocenters. The Labute approximate surface area is 148 Å². The molecule has 2 aromatic rings. The topological polar surface area (TPSA) is 80.2 Å². The van der Waals surface area contributed by atoms with Gasteiger partial charge >= 0.3 is 0 Å². The highest BCUT2D eigenvalue weighted by molar-refractivity contribution is 9.10. The van der Waals surface area contributed by atoms with Crippen LogP contribution in [0.2, 0.25) is 0 Å². The molecule has 7 heteroatoms. The van der Waals surface area contributed by atoms with Crippen molar-refractivity contribution in [3.63, 3.8) is 0 Å². The predicted molar refractivity (Wildman–Crippen MR) is 93.9 cm³/mol. The van der Waals surface area contributed by atoms with Crippen molar-refractivity contribution in [2.24, 2.45) is 5.16 Å². The molecule has 0 aliphatic rings. The number of oxime groups is 1. The summed E-state index contributed by atoms with van der Waals surface area (Å²) >= 11 is 3.34. The van der Waals surface area contributed by atoms with Gasteiger partial charge in [-0.15, -0.1) is 0 Å². The van der Waals surface area contributed by atoms with E-state index in [0.717, 1.165) is 5.56 Å². The zero-order valence-corrected chi connectivity index (χ0v) is 14.6. The van der Waals surface area contributed by atoms with E-state index >= 15 is 0 Å². The van der Waals surface area contributed by atoms with Crippen LogP contribution < -0.4 is 14.8 Å². The Bertz CT molecular complexity index is 720. The summed E-state index contributed by atoms with van der Waals surface area (Å²) in [6.07, 6.45) is 1.27. The quantitative estimate of drug-likeness (QED) is 0.431. The van der Waals surface area contributed by atoms with Gasteiger partial charge in [-0.3, -0.25) is 4.79 Å². The van der Waals surface area contributed by atoms with Gasteiger partial charge in [0.05, 0.1) is 13.3 Å².